The summed E-state index contributed by atoms with van der Waals surface area (Å²) < 4.78 is 0. The molecule has 0 spiro atoms. The van der Waals surface area contributed by atoms with E-state index >= 15 is 0 Å². The summed E-state index contributed by atoms with van der Waals surface area (Å²) in [5, 5.41) is 0. The van der Waals surface area contributed by atoms with Crippen LogP contribution in [0, 0.1) is 0 Å². The summed E-state index contributed by atoms with van der Waals surface area (Å²) in [4.78, 5) is 8.58. The lowest BCUT2D eigenvalue weighted by Crippen LogP contribution is -2.11. The zero-order chi connectivity index (χ0) is 10.7. The topological polar surface area (TPSA) is 51.8 Å². The molecule has 0 bridgehead atoms. The van der Waals surface area contributed by atoms with Gasteiger partial charge in [0.2, 0.25) is 0 Å². The van der Waals surface area contributed by atoms with Gasteiger partial charge in [-0.1, -0.05) is 19.3 Å². The maximum absolute atomic E-state index is 5.82. The highest BCUT2D eigenvalue weighted by molar-refractivity contribution is 5.15. The van der Waals surface area contributed by atoms with E-state index in [1.54, 1.807) is 6.33 Å². The molecular formula is C12H19N3. The first-order valence-corrected chi connectivity index (χ1v) is 5.85. The second-order valence-electron chi connectivity index (χ2n) is 4.49. The minimum atomic E-state index is 0.00957. The van der Waals surface area contributed by atoms with Gasteiger partial charge < -0.3 is 5.73 Å². The first-order chi connectivity index (χ1) is 7.27. The van der Waals surface area contributed by atoms with Gasteiger partial charge in [-0.2, -0.15) is 0 Å². The quantitative estimate of drug-likeness (QED) is 0.807. The third-order valence-electron chi connectivity index (χ3n) is 3.20. The number of rotatable bonds is 2. The van der Waals surface area contributed by atoms with Crippen molar-refractivity contribution >= 4 is 0 Å². The van der Waals surface area contributed by atoms with Crippen LogP contribution in [-0.4, -0.2) is 9.97 Å². The van der Waals surface area contributed by atoms with Crippen LogP contribution in [0.25, 0.3) is 0 Å². The molecule has 1 unspecified atom stereocenters. The van der Waals surface area contributed by atoms with Crippen molar-refractivity contribution in [1.82, 2.24) is 9.97 Å². The summed E-state index contributed by atoms with van der Waals surface area (Å²) in [6.45, 7) is 1.97. The van der Waals surface area contributed by atoms with E-state index in [0.29, 0.717) is 5.92 Å². The maximum Gasteiger partial charge on any atom is 0.116 e. The van der Waals surface area contributed by atoms with E-state index in [4.69, 9.17) is 5.73 Å². The van der Waals surface area contributed by atoms with E-state index in [2.05, 4.69) is 16.0 Å². The van der Waals surface area contributed by atoms with Crippen LogP contribution in [0.2, 0.25) is 0 Å². The Bertz CT molecular complexity index is 316. The second kappa shape index (κ2) is 4.71. The second-order valence-corrected chi connectivity index (χ2v) is 4.49. The molecule has 0 aliphatic heterocycles. The van der Waals surface area contributed by atoms with Gasteiger partial charge in [0, 0.05) is 17.7 Å². The molecule has 1 aliphatic carbocycles. The van der Waals surface area contributed by atoms with Crippen molar-refractivity contribution in [2.45, 2.75) is 51.0 Å². The molecule has 1 fully saturated rings. The smallest absolute Gasteiger partial charge is 0.116 e. The van der Waals surface area contributed by atoms with E-state index in [9.17, 15) is 0 Å². The lowest BCUT2D eigenvalue weighted by molar-refractivity contribution is 0.435. The molecule has 1 atom stereocenters. The lowest BCUT2D eigenvalue weighted by Gasteiger charge is -2.21. The van der Waals surface area contributed by atoms with E-state index in [1.807, 2.05) is 6.92 Å². The monoisotopic (exact) mass is 205 g/mol. The average Bonchev–Trinajstić information content (AvgIpc) is 2.30. The number of hydrogen-bond donors (Lipinski definition) is 1. The van der Waals surface area contributed by atoms with Crippen molar-refractivity contribution < 1.29 is 0 Å². The van der Waals surface area contributed by atoms with Crippen LogP contribution >= 0.6 is 0 Å². The Morgan fingerprint density at radius 2 is 2.00 bits per heavy atom. The van der Waals surface area contributed by atoms with Gasteiger partial charge in [0.05, 0.1) is 5.69 Å². The Labute approximate surface area is 91.1 Å². The Hall–Kier alpha value is -0.960. The molecule has 0 saturated heterocycles. The van der Waals surface area contributed by atoms with Crippen LogP contribution in [0.3, 0.4) is 0 Å². The van der Waals surface area contributed by atoms with Crippen molar-refractivity contribution in [2.24, 2.45) is 5.73 Å². The third kappa shape index (κ3) is 2.53. The van der Waals surface area contributed by atoms with Gasteiger partial charge in [-0.15, -0.1) is 0 Å². The Kier molecular flexibility index (Phi) is 3.31. The fourth-order valence-electron chi connectivity index (χ4n) is 2.26. The SMILES string of the molecule is CC(N)c1cc(C2CCCCC2)ncn1. The molecule has 0 radical (unpaired) electrons. The minimum Gasteiger partial charge on any atom is -0.323 e. The van der Waals surface area contributed by atoms with Crippen molar-refractivity contribution in [2.75, 3.05) is 0 Å². The van der Waals surface area contributed by atoms with E-state index in [1.165, 1.54) is 37.8 Å². The fourth-order valence-corrected chi connectivity index (χ4v) is 2.26. The van der Waals surface area contributed by atoms with Crippen molar-refractivity contribution in [3.63, 3.8) is 0 Å². The summed E-state index contributed by atoms with van der Waals surface area (Å²) in [7, 11) is 0. The van der Waals surface area contributed by atoms with Crippen LogP contribution < -0.4 is 5.73 Å². The first kappa shape index (κ1) is 10.6. The largest absolute Gasteiger partial charge is 0.323 e. The Morgan fingerprint density at radius 3 is 2.67 bits per heavy atom. The molecule has 0 aromatic carbocycles. The van der Waals surface area contributed by atoms with Crippen molar-refractivity contribution in [3.05, 3.63) is 23.8 Å². The summed E-state index contributed by atoms with van der Waals surface area (Å²) in [5.41, 5.74) is 7.98. The minimum absolute atomic E-state index is 0.00957. The first-order valence-electron chi connectivity index (χ1n) is 5.85. The summed E-state index contributed by atoms with van der Waals surface area (Å²) in [6, 6.07) is 2.09. The van der Waals surface area contributed by atoms with Crippen LogP contribution in [0.15, 0.2) is 12.4 Å². The molecule has 1 heterocycles. The molecule has 3 heteroatoms. The van der Waals surface area contributed by atoms with Crippen LogP contribution in [0.1, 0.15) is 62.4 Å². The molecule has 15 heavy (non-hydrogen) atoms. The number of hydrogen-bond acceptors (Lipinski definition) is 3. The number of aromatic nitrogens is 2. The fraction of sp³-hybridized carbons (Fsp3) is 0.667. The zero-order valence-corrected chi connectivity index (χ0v) is 9.32. The zero-order valence-electron chi connectivity index (χ0n) is 9.32. The molecule has 2 N–H and O–H groups in total. The standard InChI is InChI=1S/C12H19N3/c1-9(13)11-7-12(15-8-14-11)10-5-3-2-4-6-10/h7-10H,2-6,13H2,1H3. The highest BCUT2D eigenvalue weighted by Crippen LogP contribution is 2.31. The van der Waals surface area contributed by atoms with Gasteiger partial charge in [-0.05, 0) is 25.8 Å². The highest BCUT2D eigenvalue weighted by Gasteiger charge is 2.17. The van der Waals surface area contributed by atoms with E-state index in [0.717, 1.165) is 5.69 Å². The van der Waals surface area contributed by atoms with Crippen LogP contribution in [-0.2, 0) is 0 Å². The average molecular weight is 205 g/mol. The third-order valence-corrected chi connectivity index (χ3v) is 3.20. The molecule has 2 rings (SSSR count). The highest BCUT2D eigenvalue weighted by atomic mass is 14.9. The normalized spacial score (nSPS) is 20.1. The molecule has 0 amide bonds. The predicted molar refractivity (Wildman–Crippen MR) is 60.5 cm³/mol. The molecule has 1 aromatic rings. The molecule has 1 saturated carbocycles. The molecular weight excluding hydrogens is 186 g/mol. The van der Waals surface area contributed by atoms with E-state index in [-0.39, 0.29) is 6.04 Å². The van der Waals surface area contributed by atoms with E-state index < -0.39 is 0 Å². The summed E-state index contributed by atoms with van der Waals surface area (Å²) >= 11 is 0. The van der Waals surface area contributed by atoms with Gasteiger partial charge in [-0.3, -0.25) is 0 Å². The van der Waals surface area contributed by atoms with Gasteiger partial charge in [-0.25, -0.2) is 9.97 Å². The van der Waals surface area contributed by atoms with Gasteiger partial charge in [0.15, 0.2) is 0 Å². The maximum atomic E-state index is 5.82. The van der Waals surface area contributed by atoms with Gasteiger partial charge >= 0.3 is 0 Å². The van der Waals surface area contributed by atoms with Gasteiger partial charge in [0.1, 0.15) is 6.33 Å². The van der Waals surface area contributed by atoms with Crippen molar-refractivity contribution in [3.8, 4) is 0 Å². The Balaban J connectivity index is 2.16. The van der Waals surface area contributed by atoms with Crippen LogP contribution in [0.5, 0.6) is 0 Å². The number of nitrogens with two attached hydrogens (primary N) is 1. The van der Waals surface area contributed by atoms with Gasteiger partial charge in [0.25, 0.3) is 0 Å². The molecule has 82 valence electrons. The predicted octanol–water partition coefficient (Wildman–Crippen LogP) is 2.54. The van der Waals surface area contributed by atoms with Crippen LogP contribution in [0.4, 0.5) is 0 Å². The lowest BCUT2D eigenvalue weighted by atomic mass is 9.86. The number of nitrogens with zero attached hydrogens (tertiary/aromatic N) is 2. The summed E-state index contributed by atoms with van der Waals surface area (Å²) in [6.07, 6.45) is 8.25. The Morgan fingerprint density at radius 1 is 1.27 bits per heavy atom. The molecule has 1 aromatic heterocycles. The van der Waals surface area contributed by atoms with Crippen molar-refractivity contribution in [1.29, 1.82) is 0 Å². The summed E-state index contributed by atoms with van der Waals surface area (Å²) in [5.74, 6) is 0.638. The molecule has 3 nitrogen and oxygen atoms in total. The molecule has 1 aliphatic rings.